The van der Waals surface area contributed by atoms with Crippen molar-refractivity contribution in [3.63, 3.8) is 0 Å². The van der Waals surface area contributed by atoms with Crippen LogP contribution in [0.1, 0.15) is 19.8 Å². The molecule has 18 heavy (non-hydrogen) atoms. The summed E-state index contributed by atoms with van der Waals surface area (Å²) in [6, 6.07) is 6.72. The summed E-state index contributed by atoms with van der Waals surface area (Å²) in [7, 11) is -3.15. The van der Waals surface area contributed by atoms with Crippen molar-refractivity contribution >= 4 is 15.5 Å². The molecule has 1 saturated heterocycles. The van der Waals surface area contributed by atoms with Crippen molar-refractivity contribution in [3.05, 3.63) is 24.3 Å². The topological polar surface area (TPSA) is 37.4 Å². The van der Waals surface area contributed by atoms with Crippen LogP contribution in [0.25, 0.3) is 0 Å². The summed E-state index contributed by atoms with van der Waals surface area (Å²) in [6.45, 7) is 2.12. The zero-order valence-electron chi connectivity index (χ0n) is 10.5. The molecule has 1 aliphatic rings. The van der Waals surface area contributed by atoms with Gasteiger partial charge < -0.3 is 4.90 Å². The van der Waals surface area contributed by atoms with Gasteiger partial charge in [0.05, 0.1) is 16.7 Å². The van der Waals surface area contributed by atoms with Crippen molar-refractivity contribution in [2.24, 2.45) is 0 Å². The normalized spacial score (nSPS) is 20.3. The zero-order chi connectivity index (χ0) is 13.2. The van der Waals surface area contributed by atoms with Gasteiger partial charge >= 0.3 is 0 Å². The predicted octanol–water partition coefficient (Wildman–Crippen LogP) is 2.42. The molecular weight excluding hydrogens is 253 g/mol. The predicted molar refractivity (Wildman–Crippen MR) is 70.5 cm³/mol. The van der Waals surface area contributed by atoms with E-state index in [1.165, 1.54) is 0 Å². The van der Waals surface area contributed by atoms with Gasteiger partial charge in [0.1, 0.15) is 6.67 Å². The van der Waals surface area contributed by atoms with Gasteiger partial charge in [0.25, 0.3) is 0 Å². The molecule has 100 valence electrons. The lowest BCUT2D eigenvalue weighted by atomic mass is 10.2. The Morgan fingerprint density at radius 1 is 1.33 bits per heavy atom. The third-order valence-corrected chi connectivity index (χ3v) is 5.21. The van der Waals surface area contributed by atoms with Gasteiger partial charge in [-0.3, -0.25) is 0 Å². The summed E-state index contributed by atoms with van der Waals surface area (Å²) in [6.07, 6.45) is 1.86. The Hall–Kier alpha value is -1.10. The molecule has 0 aliphatic carbocycles. The van der Waals surface area contributed by atoms with E-state index in [0.29, 0.717) is 4.90 Å². The number of rotatable bonds is 4. The maximum atomic E-state index is 12.8. The van der Waals surface area contributed by atoms with Crippen LogP contribution in [-0.2, 0) is 9.84 Å². The average Bonchev–Trinajstić information content (AvgIpc) is 2.87. The molecule has 1 heterocycles. The largest absolute Gasteiger partial charge is 0.366 e. The first-order chi connectivity index (χ1) is 8.58. The Morgan fingerprint density at radius 2 is 2.00 bits per heavy atom. The Kier molecular flexibility index (Phi) is 3.90. The number of benzene rings is 1. The molecule has 0 spiro atoms. The molecule has 0 unspecified atom stereocenters. The summed E-state index contributed by atoms with van der Waals surface area (Å²) in [5, 5.41) is 0. The SMILES string of the molecule is CCS(=O)(=O)c1ccc(N2CCC[C@@H]2CF)cc1. The van der Waals surface area contributed by atoms with Gasteiger partial charge in [-0.15, -0.1) is 0 Å². The van der Waals surface area contributed by atoms with Crippen LogP contribution in [0, 0.1) is 0 Å². The Morgan fingerprint density at radius 3 is 2.56 bits per heavy atom. The smallest absolute Gasteiger partial charge is 0.178 e. The zero-order valence-corrected chi connectivity index (χ0v) is 11.3. The summed E-state index contributed by atoms with van der Waals surface area (Å²) in [4.78, 5) is 2.35. The second kappa shape index (κ2) is 5.26. The highest BCUT2D eigenvalue weighted by molar-refractivity contribution is 7.91. The van der Waals surface area contributed by atoms with Crippen molar-refractivity contribution in [1.29, 1.82) is 0 Å². The van der Waals surface area contributed by atoms with E-state index >= 15 is 0 Å². The van der Waals surface area contributed by atoms with Crippen LogP contribution < -0.4 is 4.90 Å². The molecular formula is C13H18FNO2S. The fraction of sp³-hybridized carbons (Fsp3) is 0.538. The quantitative estimate of drug-likeness (QED) is 0.844. The highest BCUT2D eigenvalue weighted by Gasteiger charge is 2.24. The molecule has 0 radical (unpaired) electrons. The third kappa shape index (κ3) is 2.51. The molecule has 3 nitrogen and oxygen atoms in total. The van der Waals surface area contributed by atoms with Gasteiger partial charge in [-0.1, -0.05) is 6.92 Å². The molecule has 0 aromatic heterocycles. The number of anilines is 1. The van der Waals surface area contributed by atoms with Crippen molar-refractivity contribution in [2.75, 3.05) is 23.9 Å². The van der Waals surface area contributed by atoms with Gasteiger partial charge in [-0.2, -0.15) is 0 Å². The minimum Gasteiger partial charge on any atom is -0.366 e. The first kappa shape index (κ1) is 13.3. The van der Waals surface area contributed by atoms with Crippen LogP contribution in [-0.4, -0.2) is 33.4 Å². The van der Waals surface area contributed by atoms with E-state index in [1.54, 1.807) is 31.2 Å². The minimum absolute atomic E-state index is 0.0568. The molecule has 1 aromatic rings. The number of hydrogen-bond donors (Lipinski definition) is 0. The van der Waals surface area contributed by atoms with E-state index in [4.69, 9.17) is 0 Å². The molecule has 1 aliphatic heterocycles. The average molecular weight is 271 g/mol. The van der Waals surface area contributed by atoms with Crippen molar-refractivity contribution in [2.45, 2.75) is 30.7 Å². The molecule has 0 saturated carbocycles. The first-order valence-electron chi connectivity index (χ1n) is 6.24. The maximum absolute atomic E-state index is 12.8. The molecule has 2 rings (SSSR count). The van der Waals surface area contributed by atoms with Gasteiger partial charge in [-0.25, -0.2) is 12.8 Å². The highest BCUT2D eigenvalue weighted by atomic mass is 32.2. The molecule has 1 fully saturated rings. The lowest BCUT2D eigenvalue weighted by Crippen LogP contribution is -2.30. The van der Waals surface area contributed by atoms with Crippen molar-refractivity contribution < 1.29 is 12.8 Å². The van der Waals surface area contributed by atoms with E-state index in [-0.39, 0.29) is 18.5 Å². The summed E-state index contributed by atoms with van der Waals surface area (Å²) in [5.74, 6) is 0.100. The van der Waals surface area contributed by atoms with Gasteiger partial charge in [-0.05, 0) is 37.1 Å². The third-order valence-electron chi connectivity index (χ3n) is 3.46. The van der Waals surface area contributed by atoms with Gasteiger partial charge in [0.2, 0.25) is 0 Å². The lowest BCUT2D eigenvalue weighted by Gasteiger charge is -2.24. The second-order valence-corrected chi connectivity index (χ2v) is 6.82. The number of halogens is 1. The summed E-state index contributed by atoms with van der Waals surface area (Å²) in [5.41, 5.74) is 0.908. The maximum Gasteiger partial charge on any atom is 0.178 e. The molecule has 0 bridgehead atoms. The number of alkyl halides is 1. The summed E-state index contributed by atoms with van der Waals surface area (Å²) >= 11 is 0. The van der Waals surface area contributed by atoms with Crippen LogP contribution in [0.15, 0.2) is 29.2 Å². The van der Waals surface area contributed by atoms with Crippen molar-refractivity contribution in [1.82, 2.24) is 0 Å². The number of sulfone groups is 1. The Balaban J connectivity index is 2.23. The highest BCUT2D eigenvalue weighted by Crippen LogP contribution is 2.27. The lowest BCUT2D eigenvalue weighted by molar-refractivity contribution is 0.428. The Bertz CT molecular complexity index is 498. The van der Waals surface area contributed by atoms with Crippen LogP contribution in [0.3, 0.4) is 0 Å². The fourth-order valence-corrected chi connectivity index (χ4v) is 3.23. The standard InChI is InChI=1S/C13H18FNO2S/c1-2-18(16,17)13-7-5-11(6-8-13)15-9-3-4-12(15)10-14/h5-8,12H,2-4,9-10H2,1H3/t12-/m1/s1. The molecule has 0 amide bonds. The van der Waals surface area contributed by atoms with Gasteiger partial charge in [0.15, 0.2) is 9.84 Å². The molecule has 0 N–H and O–H groups in total. The van der Waals surface area contributed by atoms with Crippen LogP contribution >= 0.6 is 0 Å². The van der Waals surface area contributed by atoms with E-state index in [2.05, 4.69) is 0 Å². The molecule has 5 heteroatoms. The van der Waals surface area contributed by atoms with Gasteiger partial charge in [0, 0.05) is 12.2 Å². The van der Waals surface area contributed by atoms with E-state index in [1.807, 2.05) is 4.90 Å². The molecule has 1 aromatic carbocycles. The van der Waals surface area contributed by atoms with Crippen LogP contribution in [0.5, 0.6) is 0 Å². The van der Waals surface area contributed by atoms with E-state index in [9.17, 15) is 12.8 Å². The Labute approximate surface area is 108 Å². The number of hydrogen-bond acceptors (Lipinski definition) is 3. The second-order valence-electron chi connectivity index (χ2n) is 4.54. The van der Waals surface area contributed by atoms with E-state index < -0.39 is 9.84 Å². The van der Waals surface area contributed by atoms with Crippen LogP contribution in [0.2, 0.25) is 0 Å². The fourth-order valence-electron chi connectivity index (χ4n) is 2.35. The summed E-state index contributed by atoms with van der Waals surface area (Å²) < 4.78 is 36.2. The van der Waals surface area contributed by atoms with Crippen molar-refractivity contribution in [3.8, 4) is 0 Å². The monoisotopic (exact) mass is 271 g/mol. The molecule has 1 atom stereocenters. The minimum atomic E-state index is -3.15. The van der Waals surface area contributed by atoms with E-state index in [0.717, 1.165) is 25.1 Å². The number of nitrogens with zero attached hydrogens (tertiary/aromatic N) is 1. The first-order valence-corrected chi connectivity index (χ1v) is 7.89. The van der Waals surface area contributed by atoms with Crippen LogP contribution in [0.4, 0.5) is 10.1 Å².